The number of carbonyl (C=O) groups excluding carboxylic acids is 1. The largest absolute Gasteiger partial charge is 0.370 e. The zero-order valence-corrected chi connectivity index (χ0v) is 11.8. The lowest BCUT2D eigenvalue weighted by Gasteiger charge is -2.37. The van der Waals surface area contributed by atoms with Crippen LogP contribution in [-0.2, 0) is 4.79 Å². The summed E-state index contributed by atoms with van der Waals surface area (Å²) < 4.78 is 0. The van der Waals surface area contributed by atoms with Crippen LogP contribution in [0.1, 0.15) is 33.1 Å². The summed E-state index contributed by atoms with van der Waals surface area (Å²) in [5, 5.41) is 0.460. The quantitative estimate of drug-likeness (QED) is 0.412. The van der Waals surface area contributed by atoms with Gasteiger partial charge in [0.05, 0.1) is 0 Å². The fourth-order valence-corrected chi connectivity index (χ4v) is 3.28. The van der Waals surface area contributed by atoms with E-state index in [0.717, 1.165) is 38.0 Å². The van der Waals surface area contributed by atoms with E-state index in [1.807, 2.05) is 11.8 Å². The topological polar surface area (TPSA) is 20.3 Å². The van der Waals surface area contributed by atoms with Gasteiger partial charge < -0.3 is 9.69 Å². The Hall–Kier alpha value is -0.700. The van der Waals surface area contributed by atoms with Crippen molar-refractivity contribution in [1.82, 2.24) is 4.90 Å². The lowest BCUT2D eigenvalue weighted by molar-refractivity contribution is -0.107. The zero-order chi connectivity index (χ0) is 12.7. The van der Waals surface area contributed by atoms with E-state index in [1.165, 1.54) is 11.3 Å². The molecule has 0 aliphatic carbocycles. The Labute approximate surface area is 109 Å². The van der Waals surface area contributed by atoms with Crippen molar-refractivity contribution >= 4 is 18.0 Å². The second-order valence-electron chi connectivity index (χ2n) is 4.38. The zero-order valence-electron chi connectivity index (χ0n) is 10.9. The normalized spacial score (nSPS) is 23.2. The summed E-state index contributed by atoms with van der Waals surface area (Å²) in [6.45, 7) is 10.7. The van der Waals surface area contributed by atoms with Crippen molar-refractivity contribution < 1.29 is 4.79 Å². The van der Waals surface area contributed by atoms with E-state index in [4.69, 9.17) is 0 Å². The van der Waals surface area contributed by atoms with Gasteiger partial charge >= 0.3 is 0 Å². The highest BCUT2D eigenvalue weighted by atomic mass is 32.2. The van der Waals surface area contributed by atoms with Crippen molar-refractivity contribution in [1.29, 1.82) is 0 Å². The standard InChI is InChI=1S/C14H23NOS/c1-4-7-15-11-13(5-2)10-14(12(15)3)17-9-6-8-16/h5,8,14H,3-4,6-7,9-11H2,1-2H3/b13-5-. The van der Waals surface area contributed by atoms with Crippen LogP contribution in [0, 0.1) is 0 Å². The third-order valence-corrected chi connectivity index (χ3v) is 4.39. The number of hydrogen-bond donors (Lipinski definition) is 0. The summed E-state index contributed by atoms with van der Waals surface area (Å²) in [6.07, 6.45) is 6.12. The van der Waals surface area contributed by atoms with Crippen molar-refractivity contribution in [2.75, 3.05) is 18.8 Å². The Morgan fingerprint density at radius 1 is 1.59 bits per heavy atom. The molecule has 0 amide bonds. The van der Waals surface area contributed by atoms with E-state index in [0.29, 0.717) is 11.7 Å². The molecule has 3 heteroatoms. The van der Waals surface area contributed by atoms with Gasteiger partial charge in [-0.05, 0) is 19.8 Å². The van der Waals surface area contributed by atoms with Crippen molar-refractivity contribution in [2.45, 2.75) is 38.4 Å². The predicted octanol–water partition coefficient (Wildman–Crippen LogP) is 3.25. The highest BCUT2D eigenvalue weighted by molar-refractivity contribution is 8.00. The number of likely N-dealkylation sites (tertiary alicyclic amines) is 1. The second-order valence-corrected chi connectivity index (χ2v) is 5.69. The third kappa shape index (κ3) is 4.23. The fourth-order valence-electron chi connectivity index (χ4n) is 2.09. The lowest BCUT2D eigenvalue weighted by Crippen LogP contribution is -2.36. The highest BCUT2D eigenvalue weighted by Gasteiger charge is 2.25. The number of allylic oxidation sites excluding steroid dienone is 1. The van der Waals surface area contributed by atoms with E-state index >= 15 is 0 Å². The number of carbonyl (C=O) groups is 1. The first-order valence-corrected chi connectivity index (χ1v) is 7.40. The first-order chi connectivity index (χ1) is 8.22. The molecule has 1 rings (SSSR count). The summed E-state index contributed by atoms with van der Waals surface area (Å²) in [4.78, 5) is 12.7. The molecular formula is C14H23NOS. The van der Waals surface area contributed by atoms with Crippen LogP contribution in [0.2, 0.25) is 0 Å². The Morgan fingerprint density at radius 2 is 2.35 bits per heavy atom. The number of rotatable bonds is 6. The predicted molar refractivity (Wildman–Crippen MR) is 76.3 cm³/mol. The van der Waals surface area contributed by atoms with Crippen molar-refractivity contribution in [3.05, 3.63) is 23.9 Å². The van der Waals surface area contributed by atoms with Crippen LogP contribution in [-0.4, -0.2) is 35.3 Å². The minimum Gasteiger partial charge on any atom is -0.370 e. The van der Waals surface area contributed by atoms with Crippen molar-refractivity contribution in [3.63, 3.8) is 0 Å². The molecule has 1 saturated heterocycles. The number of thioether (sulfide) groups is 1. The van der Waals surface area contributed by atoms with Gasteiger partial charge in [-0.15, -0.1) is 0 Å². The number of hydrogen-bond acceptors (Lipinski definition) is 3. The molecule has 1 atom stereocenters. The minimum atomic E-state index is 0.460. The Bertz CT molecular complexity index is 299. The maximum atomic E-state index is 10.4. The monoisotopic (exact) mass is 253 g/mol. The molecule has 0 radical (unpaired) electrons. The SMILES string of the molecule is C=C1C(SCCC=O)C/C(=C/C)CN1CCC. The van der Waals surface area contributed by atoms with Crippen molar-refractivity contribution in [2.24, 2.45) is 0 Å². The van der Waals surface area contributed by atoms with Gasteiger partial charge in [-0.3, -0.25) is 0 Å². The van der Waals surface area contributed by atoms with Crippen LogP contribution in [0.25, 0.3) is 0 Å². The highest BCUT2D eigenvalue weighted by Crippen LogP contribution is 2.32. The molecule has 0 bridgehead atoms. The molecule has 96 valence electrons. The maximum Gasteiger partial charge on any atom is 0.120 e. The molecule has 1 heterocycles. The minimum absolute atomic E-state index is 0.460. The molecule has 0 N–H and O–H groups in total. The van der Waals surface area contributed by atoms with Crippen molar-refractivity contribution in [3.8, 4) is 0 Å². The molecule has 0 aromatic rings. The maximum absolute atomic E-state index is 10.4. The van der Waals surface area contributed by atoms with Crippen LogP contribution < -0.4 is 0 Å². The average molecular weight is 253 g/mol. The summed E-state index contributed by atoms with van der Waals surface area (Å²) in [5.74, 6) is 0.907. The van der Waals surface area contributed by atoms with E-state index in [-0.39, 0.29) is 0 Å². The molecular weight excluding hydrogens is 230 g/mol. The van der Waals surface area contributed by atoms with Gasteiger partial charge in [0.1, 0.15) is 6.29 Å². The summed E-state index contributed by atoms with van der Waals surface area (Å²) in [5.41, 5.74) is 2.74. The molecule has 1 fully saturated rings. The Balaban J connectivity index is 2.60. The molecule has 1 aliphatic heterocycles. The molecule has 0 saturated carbocycles. The Morgan fingerprint density at radius 3 is 2.94 bits per heavy atom. The van der Waals surface area contributed by atoms with Gasteiger partial charge in [0.25, 0.3) is 0 Å². The molecule has 1 aliphatic rings. The Kier molecular flexibility index (Phi) is 6.41. The second kappa shape index (κ2) is 7.59. The molecule has 1 unspecified atom stereocenters. The van der Waals surface area contributed by atoms with E-state index in [2.05, 4.69) is 31.4 Å². The number of piperidine rings is 1. The van der Waals surface area contributed by atoms with Gasteiger partial charge in [-0.25, -0.2) is 0 Å². The van der Waals surface area contributed by atoms with Crippen LogP contribution in [0.3, 0.4) is 0 Å². The summed E-state index contributed by atoms with van der Waals surface area (Å²) in [6, 6.07) is 0. The number of aldehydes is 1. The van der Waals surface area contributed by atoms with Gasteiger partial charge in [0.15, 0.2) is 0 Å². The van der Waals surface area contributed by atoms with Gasteiger partial charge in [-0.2, -0.15) is 11.8 Å². The van der Waals surface area contributed by atoms with E-state index in [1.54, 1.807) is 0 Å². The van der Waals surface area contributed by atoms with Crippen LogP contribution in [0.5, 0.6) is 0 Å². The molecule has 17 heavy (non-hydrogen) atoms. The smallest absolute Gasteiger partial charge is 0.120 e. The third-order valence-electron chi connectivity index (χ3n) is 3.08. The van der Waals surface area contributed by atoms with E-state index < -0.39 is 0 Å². The molecule has 0 aromatic carbocycles. The first-order valence-electron chi connectivity index (χ1n) is 6.36. The van der Waals surface area contributed by atoms with E-state index in [9.17, 15) is 4.79 Å². The first kappa shape index (κ1) is 14.4. The molecule has 0 spiro atoms. The summed E-state index contributed by atoms with van der Waals surface area (Å²) in [7, 11) is 0. The number of nitrogens with zero attached hydrogens (tertiary/aromatic N) is 1. The molecule has 2 nitrogen and oxygen atoms in total. The molecule has 0 aromatic heterocycles. The van der Waals surface area contributed by atoms with Gasteiger partial charge in [0.2, 0.25) is 0 Å². The van der Waals surface area contributed by atoms with Crippen LogP contribution in [0.4, 0.5) is 0 Å². The van der Waals surface area contributed by atoms with Gasteiger partial charge in [0, 0.05) is 36.2 Å². The van der Waals surface area contributed by atoms with Gasteiger partial charge in [-0.1, -0.05) is 25.2 Å². The van der Waals surface area contributed by atoms with Crippen LogP contribution in [0.15, 0.2) is 23.9 Å². The van der Waals surface area contributed by atoms with Crippen LogP contribution >= 0.6 is 11.8 Å². The summed E-state index contributed by atoms with van der Waals surface area (Å²) >= 11 is 1.87. The lowest BCUT2D eigenvalue weighted by atomic mass is 10.0. The average Bonchev–Trinajstić information content (AvgIpc) is 2.34. The fraction of sp³-hybridized carbons (Fsp3) is 0.643.